The highest BCUT2D eigenvalue weighted by atomic mass is 32.1. The van der Waals surface area contributed by atoms with Crippen molar-refractivity contribution in [2.45, 2.75) is 33.1 Å². The number of H-pyrrole nitrogens is 1. The van der Waals surface area contributed by atoms with Crippen LogP contribution in [-0.4, -0.2) is 34.8 Å². The Morgan fingerprint density at radius 2 is 2.17 bits per heavy atom. The van der Waals surface area contributed by atoms with E-state index in [1.54, 1.807) is 18.0 Å². The van der Waals surface area contributed by atoms with Crippen LogP contribution in [0.2, 0.25) is 0 Å². The molecule has 23 heavy (non-hydrogen) atoms. The van der Waals surface area contributed by atoms with E-state index in [0.29, 0.717) is 22.9 Å². The van der Waals surface area contributed by atoms with Crippen molar-refractivity contribution in [3.8, 4) is 11.5 Å². The molecule has 0 fully saturated rings. The van der Waals surface area contributed by atoms with Gasteiger partial charge in [0.1, 0.15) is 0 Å². The number of benzene rings is 1. The average molecular weight is 334 g/mol. The molecule has 0 unspecified atom stereocenters. The summed E-state index contributed by atoms with van der Waals surface area (Å²) in [4.78, 5) is 0. The van der Waals surface area contributed by atoms with Crippen LogP contribution in [0.3, 0.4) is 0 Å². The van der Waals surface area contributed by atoms with Crippen LogP contribution in [0.4, 0.5) is 0 Å². The molecule has 0 aliphatic heterocycles. The Hall–Kier alpha value is -2.15. The molecule has 0 aliphatic rings. The molecule has 6 nitrogen and oxygen atoms in total. The van der Waals surface area contributed by atoms with Crippen LogP contribution in [0.15, 0.2) is 23.3 Å². The standard InChI is InChI=1S/C16H22N4O2S/c1-4-6-7-15-18-19-16(23)20(15)17-11-12-8-9-13(21-3)14(10-12)22-5-2/h8-11H,4-7H2,1-3H3,(H,19,23)/b17-11-. The topological polar surface area (TPSA) is 64.4 Å². The lowest BCUT2D eigenvalue weighted by molar-refractivity contribution is 0.311. The fourth-order valence-corrected chi connectivity index (χ4v) is 2.30. The molecule has 1 N–H and O–H groups in total. The molecule has 0 radical (unpaired) electrons. The van der Waals surface area contributed by atoms with Gasteiger partial charge < -0.3 is 9.47 Å². The molecule has 0 aliphatic carbocycles. The molecule has 7 heteroatoms. The number of ether oxygens (including phenoxy) is 2. The van der Waals surface area contributed by atoms with E-state index in [1.165, 1.54) is 0 Å². The van der Waals surface area contributed by atoms with Gasteiger partial charge in [-0.2, -0.15) is 14.9 Å². The average Bonchev–Trinajstić information content (AvgIpc) is 2.91. The maximum atomic E-state index is 5.57. The summed E-state index contributed by atoms with van der Waals surface area (Å²) in [6.45, 7) is 4.65. The zero-order valence-electron chi connectivity index (χ0n) is 13.7. The molecular formula is C16H22N4O2S. The van der Waals surface area contributed by atoms with Gasteiger partial charge in [0.25, 0.3) is 0 Å². The summed E-state index contributed by atoms with van der Waals surface area (Å²) in [5.74, 6) is 2.24. The number of aromatic nitrogens is 3. The first kappa shape index (κ1) is 17.2. The van der Waals surface area contributed by atoms with E-state index in [9.17, 15) is 0 Å². The van der Waals surface area contributed by atoms with Crippen molar-refractivity contribution in [2.75, 3.05) is 13.7 Å². The highest BCUT2D eigenvalue weighted by molar-refractivity contribution is 7.71. The van der Waals surface area contributed by atoms with Crippen LogP contribution in [-0.2, 0) is 6.42 Å². The Balaban J connectivity index is 2.25. The Morgan fingerprint density at radius 3 is 2.87 bits per heavy atom. The van der Waals surface area contributed by atoms with Crippen LogP contribution in [0, 0.1) is 4.77 Å². The first-order valence-electron chi connectivity index (χ1n) is 7.71. The minimum Gasteiger partial charge on any atom is -0.493 e. The van der Waals surface area contributed by atoms with Crippen LogP contribution in [0.25, 0.3) is 0 Å². The van der Waals surface area contributed by atoms with Gasteiger partial charge in [0.15, 0.2) is 17.3 Å². The second kappa shape index (κ2) is 8.47. The Labute approximate surface area is 141 Å². The molecule has 0 atom stereocenters. The first-order valence-corrected chi connectivity index (χ1v) is 8.11. The predicted molar refractivity (Wildman–Crippen MR) is 93.2 cm³/mol. The summed E-state index contributed by atoms with van der Waals surface area (Å²) in [6, 6.07) is 5.67. The van der Waals surface area contributed by atoms with Crippen LogP contribution >= 0.6 is 12.2 Å². The van der Waals surface area contributed by atoms with Gasteiger partial charge in [-0.05, 0) is 49.3 Å². The number of aryl methyl sites for hydroxylation is 1. The van der Waals surface area contributed by atoms with Gasteiger partial charge in [-0.1, -0.05) is 13.3 Å². The largest absolute Gasteiger partial charge is 0.493 e. The lowest BCUT2D eigenvalue weighted by atomic mass is 10.2. The number of rotatable bonds is 8. The van der Waals surface area contributed by atoms with Crippen molar-refractivity contribution in [3.63, 3.8) is 0 Å². The molecule has 2 aromatic rings. The van der Waals surface area contributed by atoms with Crippen LogP contribution in [0.5, 0.6) is 11.5 Å². The maximum Gasteiger partial charge on any atom is 0.216 e. The Kier molecular flexibility index (Phi) is 6.34. The summed E-state index contributed by atoms with van der Waals surface area (Å²) >= 11 is 5.23. The van der Waals surface area contributed by atoms with E-state index in [1.807, 2.05) is 25.1 Å². The Morgan fingerprint density at radius 1 is 1.35 bits per heavy atom. The van der Waals surface area contributed by atoms with Gasteiger partial charge in [-0.3, -0.25) is 5.10 Å². The van der Waals surface area contributed by atoms with Crippen molar-refractivity contribution in [1.29, 1.82) is 0 Å². The normalized spacial score (nSPS) is 11.1. The van der Waals surface area contributed by atoms with E-state index in [4.69, 9.17) is 21.7 Å². The quantitative estimate of drug-likeness (QED) is 0.592. The molecule has 0 saturated heterocycles. The number of methoxy groups -OCH3 is 1. The number of aromatic amines is 1. The van der Waals surface area contributed by atoms with E-state index in [-0.39, 0.29) is 0 Å². The number of nitrogens with zero attached hydrogens (tertiary/aromatic N) is 3. The van der Waals surface area contributed by atoms with E-state index >= 15 is 0 Å². The number of nitrogens with one attached hydrogen (secondary N) is 1. The first-order chi connectivity index (χ1) is 11.2. The van der Waals surface area contributed by atoms with E-state index in [0.717, 1.165) is 30.7 Å². The fourth-order valence-electron chi connectivity index (χ4n) is 2.11. The monoisotopic (exact) mass is 334 g/mol. The summed E-state index contributed by atoms with van der Waals surface area (Å²) in [7, 11) is 1.62. The molecule has 0 saturated carbocycles. The molecule has 1 aromatic carbocycles. The summed E-state index contributed by atoms with van der Waals surface area (Å²) in [5, 5.41) is 11.5. The third-order valence-electron chi connectivity index (χ3n) is 3.28. The summed E-state index contributed by atoms with van der Waals surface area (Å²) in [6.07, 6.45) is 4.72. The third-order valence-corrected chi connectivity index (χ3v) is 3.55. The number of hydrogen-bond donors (Lipinski definition) is 1. The fraction of sp³-hybridized carbons (Fsp3) is 0.438. The minimum atomic E-state index is 0.492. The molecule has 1 aromatic heterocycles. The van der Waals surface area contributed by atoms with Crippen molar-refractivity contribution in [1.82, 2.24) is 14.9 Å². The summed E-state index contributed by atoms with van der Waals surface area (Å²) in [5.41, 5.74) is 0.902. The SMILES string of the molecule is CCCCc1n[nH]c(=S)n1/N=C\c1ccc(OC)c(OCC)c1. The molecule has 0 spiro atoms. The van der Waals surface area contributed by atoms with E-state index < -0.39 is 0 Å². The van der Waals surface area contributed by atoms with Gasteiger partial charge in [0, 0.05) is 6.42 Å². The van der Waals surface area contributed by atoms with Gasteiger partial charge in [0.2, 0.25) is 4.77 Å². The smallest absolute Gasteiger partial charge is 0.216 e. The zero-order chi connectivity index (χ0) is 16.7. The molecule has 0 bridgehead atoms. The minimum absolute atomic E-state index is 0.492. The summed E-state index contributed by atoms with van der Waals surface area (Å²) < 4.78 is 13.0. The van der Waals surface area contributed by atoms with Gasteiger partial charge in [0.05, 0.1) is 19.9 Å². The van der Waals surface area contributed by atoms with Crippen molar-refractivity contribution in [2.24, 2.45) is 5.10 Å². The highest BCUT2D eigenvalue weighted by Gasteiger charge is 2.06. The van der Waals surface area contributed by atoms with Crippen molar-refractivity contribution >= 4 is 18.4 Å². The maximum absolute atomic E-state index is 5.57. The lowest BCUT2D eigenvalue weighted by Gasteiger charge is -2.09. The zero-order valence-corrected chi connectivity index (χ0v) is 14.5. The molecule has 2 rings (SSSR count). The predicted octanol–water partition coefficient (Wildman–Crippen LogP) is 3.57. The van der Waals surface area contributed by atoms with Crippen molar-refractivity contribution < 1.29 is 9.47 Å². The second-order valence-electron chi connectivity index (χ2n) is 4.95. The highest BCUT2D eigenvalue weighted by Crippen LogP contribution is 2.27. The lowest BCUT2D eigenvalue weighted by Crippen LogP contribution is -2.00. The van der Waals surface area contributed by atoms with Crippen LogP contribution < -0.4 is 9.47 Å². The Bertz CT molecular complexity index is 721. The van der Waals surface area contributed by atoms with Gasteiger partial charge in [-0.15, -0.1) is 0 Å². The molecular weight excluding hydrogens is 312 g/mol. The van der Waals surface area contributed by atoms with Gasteiger partial charge in [-0.25, -0.2) is 0 Å². The molecule has 0 amide bonds. The number of unbranched alkanes of at least 4 members (excludes halogenated alkanes) is 1. The second-order valence-corrected chi connectivity index (χ2v) is 5.33. The van der Waals surface area contributed by atoms with Crippen LogP contribution in [0.1, 0.15) is 38.1 Å². The number of hydrogen-bond acceptors (Lipinski definition) is 5. The van der Waals surface area contributed by atoms with Gasteiger partial charge >= 0.3 is 0 Å². The molecule has 1 heterocycles. The third kappa shape index (κ3) is 4.41. The molecule has 124 valence electrons. The van der Waals surface area contributed by atoms with Crippen molar-refractivity contribution in [3.05, 3.63) is 34.4 Å². The van der Waals surface area contributed by atoms with E-state index in [2.05, 4.69) is 22.2 Å².